The normalized spacial score (nSPS) is 20.1. The number of hydrogen-bond acceptors (Lipinski definition) is 4. The largest absolute Gasteiger partial charge is 0.352 e. The molecule has 0 aliphatic heterocycles. The highest BCUT2D eigenvalue weighted by molar-refractivity contribution is 7.99. The summed E-state index contributed by atoms with van der Waals surface area (Å²) in [5.41, 5.74) is 1.22. The highest BCUT2D eigenvalue weighted by atomic mass is 32.2. The van der Waals surface area contributed by atoms with Gasteiger partial charge in [-0.15, -0.1) is 10.2 Å². The summed E-state index contributed by atoms with van der Waals surface area (Å²) >= 11 is 1.48. The molecule has 2 aromatic rings. The van der Waals surface area contributed by atoms with E-state index < -0.39 is 0 Å². The van der Waals surface area contributed by atoms with Crippen molar-refractivity contribution >= 4 is 17.7 Å². The Kier molecular flexibility index (Phi) is 6.72. The van der Waals surface area contributed by atoms with E-state index in [1.165, 1.54) is 36.6 Å². The number of hydrogen-bond donors (Lipinski definition) is 1. The van der Waals surface area contributed by atoms with Crippen molar-refractivity contribution in [3.05, 3.63) is 41.7 Å². The number of nitrogens with one attached hydrogen (secondary N) is 1. The molecule has 1 aliphatic rings. The molecule has 140 valence electrons. The first-order valence-electron chi connectivity index (χ1n) is 9.55. The van der Waals surface area contributed by atoms with E-state index in [4.69, 9.17) is 0 Å². The summed E-state index contributed by atoms with van der Waals surface area (Å²) in [5.74, 6) is 2.02. The van der Waals surface area contributed by atoms with E-state index in [1.54, 1.807) is 0 Å². The molecule has 1 N–H and O–H groups in total. The molecule has 26 heavy (non-hydrogen) atoms. The van der Waals surface area contributed by atoms with Gasteiger partial charge in [0, 0.05) is 19.0 Å². The maximum Gasteiger partial charge on any atom is 0.230 e. The Hall–Kier alpha value is -1.82. The van der Waals surface area contributed by atoms with Crippen LogP contribution in [-0.4, -0.2) is 32.5 Å². The average molecular weight is 373 g/mol. The van der Waals surface area contributed by atoms with Crippen LogP contribution in [0.1, 0.15) is 50.9 Å². The third-order valence-electron chi connectivity index (χ3n) is 5.10. The minimum atomic E-state index is 0.101. The topological polar surface area (TPSA) is 59.8 Å². The monoisotopic (exact) mass is 372 g/mol. The lowest BCUT2D eigenvalue weighted by Crippen LogP contribution is -2.41. The Balaban J connectivity index is 1.57. The summed E-state index contributed by atoms with van der Waals surface area (Å²) < 4.78 is 2.11. The molecule has 1 amide bonds. The summed E-state index contributed by atoms with van der Waals surface area (Å²) in [7, 11) is 0. The number of carbonyl (C=O) groups excluding carboxylic acids is 1. The third-order valence-corrected chi connectivity index (χ3v) is 6.07. The average Bonchev–Trinajstić information content (AvgIpc) is 3.04. The van der Waals surface area contributed by atoms with Gasteiger partial charge in [-0.1, -0.05) is 61.9 Å². The number of rotatable bonds is 7. The fourth-order valence-corrected chi connectivity index (χ4v) is 4.39. The molecular weight excluding hydrogens is 344 g/mol. The first-order valence-corrected chi connectivity index (χ1v) is 10.5. The molecule has 0 radical (unpaired) electrons. The van der Waals surface area contributed by atoms with E-state index in [0.717, 1.165) is 30.4 Å². The Bertz CT molecular complexity index is 716. The molecule has 2 atom stereocenters. The molecule has 6 heteroatoms. The van der Waals surface area contributed by atoms with Crippen LogP contribution in [0, 0.1) is 5.92 Å². The van der Waals surface area contributed by atoms with Gasteiger partial charge in [-0.3, -0.25) is 4.79 Å². The van der Waals surface area contributed by atoms with Gasteiger partial charge in [0.05, 0.1) is 5.75 Å². The summed E-state index contributed by atoms with van der Waals surface area (Å²) in [6.07, 6.45) is 5.57. The molecule has 0 bridgehead atoms. The molecule has 1 heterocycles. The van der Waals surface area contributed by atoms with E-state index in [9.17, 15) is 4.79 Å². The van der Waals surface area contributed by atoms with Crippen LogP contribution in [0.15, 0.2) is 35.5 Å². The first kappa shape index (κ1) is 19.0. The highest BCUT2D eigenvalue weighted by Gasteiger charge is 2.23. The second kappa shape index (κ2) is 9.21. The van der Waals surface area contributed by atoms with E-state index in [-0.39, 0.29) is 5.91 Å². The molecular formula is C20H28N4OS. The van der Waals surface area contributed by atoms with Crippen LogP contribution in [0.5, 0.6) is 0 Å². The van der Waals surface area contributed by atoms with Crippen molar-refractivity contribution in [3.8, 4) is 0 Å². The van der Waals surface area contributed by atoms with Crippen LogP contribution in [-0.2, 0) is 17.8 Å². The molecule has 1 aromatic carbocycles. The fraction of sp³-hybridized carbons (Fsp3) is 0.550. The molecule has 1 aliphatic carbocycles. The quantitative estimate of drug-likeness (QED) is 0.753. The van der Waals surface area contributed by atoms with Crippen molar-refractivity contribution in [2.45, 2.75) is 63.7 Å². The van der Waals surface area contributed by atoms with Gasteiger partial charge >= 0.3 is 0 Å². The minimum absolute atomic E-state index is 0.101. The van der Waals surface area contributed by atoms with Crippen molar-refractivity contribution in [1.82, 2.24) is 20.1 Å². The van der Waals surface area contributed by atoms with Gasteiger partial charge in [0.2, 0.25) is 5.91 Å². The zero-order valence-corrected chi connectivity index (χ0v) is 16.5. The van der Waals surface area contributed by atoms with Gasteiger partial charge in [-0.2, -0.15) is 0 Å². The maximum absolute atomic E-state index is 12.3. The molecule has 1 aromatic heterocycles. The molecule has 3 rings (SSSR count). The fourth-order valence-electron chi connectivity index (χ4n) is 3.56. The summed E-state index contributed by atoms with van der Waals surface area (Å²) in [6, 6.07) is 10.6. The standard InChI is InChI=1S/C20H28N4OS/c1-3-24-18(13-16-10-5-4-6-11-16)22-23-20(24)26-14-19(25)21-17-12-8-7-9-15(17)2/h4-6,10-11,15,17H,3,7-9,12-14H2,1-2H3,(H,21,25)/t15-,17+/m1/s1. The van der Waals surface area contributed by atoms with Gasteiger partial charge in [-0.25, -0.2) is 0 Å². The van der Waals surface area contributed by atoms with Gasteiger partial charge < -0.3 is 9.88 Å². The van der Waals surface area contributed by atoms with Crippen LogP contribution < -0.4 is 5.32 Å². The highest BCUT2D eigenvalue weighted by Crippen LogP contribution is 2.24. The molecule has 1 saturated carbocycles. The number of nitrogens with zero attached hydrogens (tertiary/aromatic N) is 3. The number of aromatic nitrogens is 3. The summed E-state index contributed by atoms with van der Waals surface area (Å²) in [5, 5.41) is 12.7. The second-order valence-electron chi connectivity index (χ2n) is 7.03. The van der Waals surface area contributed by atoms with E-state index >= 15 is 0 Å². The Morgan fingerprint density at radius 1 is 1.23 bits per heavy atom. The van der Waals surface area contributed by atoms with E-state index in [2.05, 4.69) is 46.1 Å². The zero-order chi connectivity index (χ0) is 18.4. The van der Waals surface area contributed by atoms with Crippen LogP contribution in [0.4, 0.5) is 0 Å². The predicted molar refractivity (Wildman–Crippen MR) is 105 cm³/mol. The molecule has 1 fully saturated rings. The Morgan fingerprint density at radius 2 is 2.00 bits per heavy atom. The smallest absolute Gasteiger partial charge is 0.230 e. The number of thioether (sulfide) groups is 1. The van der Waals surface area contributed by atoms with Crippen molar-refractivity contribution in [2.24, 2.45) is 5.92 Å². The lowest BCUT2D eigenvalue weighted by Gasteiger charge is -2.29. The van der Waals surface area contributed by atoms with Crippen molar-refractivity contribution < 1.29 is 4.79 Å². The van der Waals surface area contributed by atoms with Crippen LogP contribution in [0.2, 0.25) is 0 Å². The van der Waals surface area contributed by atoms with Crippen molar-refractivity contribution in [3.63, 3.8) is 0 Å². The van der Waals surface area contributed by atoms with Crippen LogP contribution in [0.3, 0.4) is 0 Å². The maximum atomic E-state index is 12.3. The minimum Gasteiger partial charge on any atom is -0.352 e. The number of carbonyl (C=O) groups is 1. The summed E-state index contributed by atoms with van der Waals surface area (Å²) in [4.78, 5) is 12.3. The number of amides is 1. The van der Waals surface area contributed by atoms with Gasteiger partial charge in [-0.05, 0) is 31.2 Å². The van der Waals surface area contributed by atoms with Crippen LogP contribution in [0.25, 0.3) is 0 Å². The lowest BCUT2D eigenvalue weighted by molar-refractivity contribution is -0.119. The van der Waals surface area contributed by atoms with Crippen molar-refractivity contribution in [1.29, 1.82) is 0 Å². The van der Waals surface area contributed by atoms with E-state index in [1.807, 2.05) is 18.2 Å². The Morgan fingerprint density at radius 3 is 2.73 bits per heavy atom. The van der Waals surface area contributed by atoms with Gasteiger partial charge in [0.15, 0.2) is 5.16 Å². The van der Waals surface area contributed by atoms with Crippen LogP contribution >= 0.6 is 11.8 Å². The first-order chi connectivity index (χ1) is 12.7. The predicted octanol–water partition coefficient (Wildman–Crippen LogP) is 3.68. The zero-order valence-electron chi connectivity index (χ0n) is 15.6. The molecule has 5 nitrogen and oxygen atoms in total. The molecule has 0 saturated heterocycles. The lowest BCUT2D eigenvalue weighted by atomic mass is 9.86. The van der Waals surface area contributed by atoms with Gasteiger partial charge in [0.1, 0.15) is 5.82 Å². The van der Waals surface area contributed by atoms with Crippen molar-refractivity contribution in [2.75, 3.05) is 5.75 Å². The van der Waals surface area contributed by atoms with Gasteiger partial charge in [0.25, 0.3) is 0 Å². The number of benzene rings is 1. The SMILES string of the molecule is CCn1c(Cc2ccccc2)nnc1SCC(=O)N[C@H]1CCCC[C@H]1C. The summed E-state index contributed by atoms with van der Waals surface area (Å²) in [6.45, 7) is 5.13. The van der Waals surface area contributed by atoms with E-state index in [0.29, 0.717) is 17.7 Å². The Labute approximate surface area is 160 Å². The second-order valence-corrected chi connectivity index (χ2v) is 7.97. The molecule has 0 spiro atoms. The molecule has 0 unspecified atom stereocenters. The third kappa shape index (κ3) is 4.87.